The van der Waals surface area contributed by atoms with Crippen LogP contribution in [-0.4, -0.2) is 38.2 Å². The van der Waals surface area contributed by atoms with Crippen LogP contribution in [0.3, 0.4) is 0 Å². The Morgan fingerprint density at radius 2 is 2.08 bits per heavy atom. The summed E-state index contributed by atoms with van der Waals surface area (Å²) in [4.78, 5) is 24.0. The number of carbonyl (C=O) groups excluding carboxylic acids is 2. The minimum absolute atomic E-state index is 0. The molecule has 2 aliphatic rings. The molecule has 1 aromatic carbocycles. The molecule has 0 atom stereocenters. The van der Waals surface area contributed by atoms with E-state index in [1.807, 2.05) is 0 Å². The van der Waals surface area contributed by atoms with Crippen LogP contribution in [0.2, 0.25) is 5.02 Å². The number of ether oxygens (including phenoxy) is 2. The second-order valence-electron chi connectivity index (χ2n) is 5.72. The lowest BCUT2D eigenvalue weighted by Gasteiger charge is -2.34. The summed E-state index contributed by atoms with van der Waals surface area (Å²) < 4.78 is 10.7. The van der Waals surface area contributed by atoms with Crippen molar-refractivity contribution in [2.75, 3.05) is 37.0 Å². The summed E-state index contributed by atoms with van der Waals surface area (Å²) in [5.74, 6) is 0.0534. The van der Waals surface area contributed by atoms with Crippen LogP contribution in [-0.2, 0) is 14.3 Å². The smallest absolute Gasteiger partial charge is 0.262 e. The van der Waals surface area contributed by atoms with E-state index in [0.717, 1.165) is 0 Å². The van der Waals surface area contributed by atoms with Gasteiger partial charge in [0, 0.05) is 25.8 Å². The SMILES string of the molecule is Cl.NCC1(C(=O)Nc2cc3c(cc2Cl)NC(=O)CO3)CCOCC1. The van der Waals surface area contributed by atoms with Crippen LogP contribution in [0.15, 0.2) is 12.1 Å². The van der Waals surface area contributed by atoms with Gasteiger partial charge < -0.3 is 25.8 Å². The van der Waals surface area contributed by atoms with E-state index in [4.69, 9.17) is 26.8 Å². The number of halogens is 2. The summed E-state index contributed by atoms with van der Waals surface area (Å²) in [7, 11) is 0. The van der Waals surface area contributed by atoms with Crippen molar-refractivity contribution < 1.29 is 19.1 Å². The molecule has 1 fully saturated rings. The third kappa shape index (κ3) is 3.59. The van der Waals surface area contributed by atoms with E-state index in [2.05, 4.69) is 10.6 Å². The summed E-state index contributed by atoms with van der Waals surface area (Å²) in [5, 5.41) is 5.82. The van der Waals surface area contributed by atoms with Crippen LogP contribution in [0.1, 0.15) is 12.8 Å². The maximum Gasteiger partial charge on any atom is 0.262 e. The predicted molar refractivity (Wildman–Crippen MR) is 93.0 cm³/mol. The van der Waals surface area contributed by atoms with Crippen LogP contribution < -0.4 is 21.1 Å². The molecule has 24 heavy (non-hydrogen) atoms. The number of hydrogen-bond donors (Lipinski definition) is 3. The van der Waals surface area contributed by atoms with Crippen LogP contribution in [0.4, 0.5) is 11.4 Å². The van der Waals surface area contributed by atoms with Crippen molar-refractivity contribution in [1.29, 1.82) is 0 Å². The van der Waals surface area contributed by atoms with E-state index >= 15 is 0 Å². The zero-order valence-corrected chi connectivity index (χ0v) is 14.5. The van der Waals surface area contributed by atoms with Crippen molar-refractivity contribution >= 4 is 47.2 Å². The molecule has 0 radical (unpaired) electrons. The molecule has 132 valence electrons. The van der Waals surface area contributed by atoms with E-state index < -0.39 is 5.41 Å². The highest BCUT2D eigenvalue weighted by molar-refractivity contribution is 6.34. The average molecular weight is 376 g/mol. The molecule has 1 aromatic rings. The Balaban J connectivity index is 0.00000208. The summed E-state index contributed by atoms with van der Waals surface area (Å²) in [6.07, 6.45) is 1.15. The van der Waals surface area contributed by atoms with Gasteiger partial charge in [-0.3, -0.25) is 9.59 Å². The van der Waals surface area contributed by atoms with E-state index in [-0.39, 0.29) is 37.4 Å². The average Bonchev–Trinajstić information content (AvgIpc) is 2.56. The van der Waals surface area contributed by atoms with Crippen LogP contribution in [0.5, 0.6) is 5.75 Å². The molecule has 2 amide bonds. The Morgan fingerprint density at radius 3 is 2.75 bits per heavy atom. The Bertz CT molecular complexity index is 648. The van der Waals surface area contributed by atoms with Crippen LogP contribution in [0.25, 0.3) is 0 Å². The van der Waals surface area contributed by atoms with Crippen molar-refractivity contribution in [1.82, 2.24) is 0 Å². The number of anilines is 2. The summed E-state index contributed by atoms with van der Waals surface area (Å²) in [5.41, 5.74) is 6.11. The molecule has 0 unspecified atom stereocenters. The molecule has 0 spiro atoms. The zero-order valence-electron chi connectivity index (χ0n) is 12.9. The molecule has 0 aromatic heterocycles. The first-order valence-electron chi connectivity index (χ1n) is 7.39. The van der Waals surface area contributed by atoms with Gasteiger partial charge in [-0.15, -0.1) is 12.4 Å². The molecular weight excluding hydrogens is 357 g/mol. The number of rotatable bonds is 3. The van der Waals surface area contributed by atoms with Crippen molar-refractivity contribution in [2.24, 2.45) is 11.1 Å². The second kappa shape index (κ2) is 7.57. The van der Waals surface area contributed by atoms with E-state index in [1.165, 1.54) is 0 Å². The van der Waals surface area contributed by atoms with Gasteiger partial charge in [0.05, 0.1) is 21.8 Å². The molecule has 0 saturated carbocycles. The first-order valence-corrected chi connectivity index (χ1v) is 7.77. The van der Waals surface area contributed by atoms with Gasteiger partial charge in [0.1, 0.15) is 5.75 Å². The molecule has 2 aliphatic heterocycles. The minimum atomic E-state index is -0.646. The molecule has 0 bridgehead atoms. The largest absolute Gasteiger partial charge is 0.482 e. The number of hydrogen-bond acceptors (Lipinski definition) is 5. The molecule has 1 saturated heterocycles. The molecule has 7 nitrogen and oxygen atoms in total. The second-order valence-corrected chi connectivity index (χ2v) is 6.12. The lowest BCUT2D eigenvalue weighted by atomic mass is 9.79. The molecule has 0 aliphatic carbocycles. The van der Waals surface area contributed by atoms with E-state index in [9.17, 15) is 9.59 Å². The topological polar surface area (TPSA) is 103 Å². The number of nitrogens with one attached hydrogen (secondary N) is 2. The van der Waals surface area contributed by atoms with Gasteiger partial charge in [-0.1, -0.05) is 11.6 Å². The Labute approximate surface area is 150 Å². The first kappa shape index (κ1) is 18.8. The summed E-state index contributed by atoms with van der Waals surface area (Å²) in [6, 6.07) is 3.17. The number of amides is 2. The van der Waals surface area contributed by atoms with Gasteiger partial charge in [0.15, 0.2) is 6.61 Å². The van der Waals surface area contributed by atoms with Crippen molar-refractivity contribution in [3.8, 4) is 5.75 Å². The standard InChI is InChI=1S/C15H18ClN3O4.ClH/c16-9-5-11-12(23-7-13(20)18-11)6-10(9)19-14(21)15(8-17)1-3-22-4-2-15;/h5-6H,1-4,7-8,17H2,(H,18,20)(H,19,21);1H. The van der Waals surface area contributed by atoms with Crippen LogP contribution >= 0.6 is 24.0 Å². The van der Waals surface area contributed by atoms with E-state index in [1.54, 1.807) is 12.1 Å². The minimum Gasteiger partial charge on any atom is -0.482 e. The third-order valence-corrected chi connectivity index (χ3v) is 4.59. The van der Waals surface area contributed by atoms with Gasteiger partial charge in [0.25, 0.3) is 5.91 Å². The van der Waals surface area contributed by atoms with E-state index in [0.29, 0.717) is 48.2 Å². The lowest BCUT2D eigenvalue weighted by molar-refractivity contribution is -0.130. The Kier molecular flexibility index (Phi) is 5.92. The highest BCUT2D eigenvalue weighted by Crippen LogP contribution is 2.38. The van der Waals surface area contributed by atoms with Gasteiger partial charge in [-0.2, -0.15) is 0 Å². The highest BCUT2D eigenvalue weighted by atomic mass is 35.5. The fourth-order valence-electron chi connectivity index (χ4n) is 2.74. The monoisotopic (exact) mass is 375 g/mol. The lowest BCUT2D eigenvalue weighted by Crippen LogP contribution is -2.46. The summed E-state index contributed by atoms with van der Waals surface area (Å²) >= 11 is 6.20. The number of nitrogens with two attached hydrogens (primary N) is 1. The van der Waals surface area contributed by atoms with Crippen LogP contribution in [0, 0.1) is 5.41 Å². The fourth-order valence-corrected chi connectivity index (χ4v) is 2.95. The number of benzene rings is 1. The maximum absolute atomic E-state index is 12.7. The van der Waals surface area contributed by atoms with Crippen molar-refractivity contribution in [2.45, 2.75) is 12.8 Å². The maximum atomic E-state index is 12.7. The predicted octanol–water partition coefficient (Wildman–Crippen LogP) is 1.79. The Morgan fingerprint density at radius 1 is 1.38 bits per heavy atom. The first-order chi connectivity index (χ1) is 11.0. The van der Waals surface area contributed by atoms with Gasteiger partial charge in [0.2, 0.25) is 5.91 Å². The summed E-state index contributed by atoms with van der Waals surface area (Å²) in [6.45, 7) is 1.21. The van der Waals surface area contributed by atoms with Crippen molar-refractivity contribution in [3.05, 3.63) is 17.2 Å². The quantitative estimate of drug-likeness (QED) is 0.747. The molecule has 2 heterocycles. The zero-order chi connectivity index (χ0) is 16.4. The normalized spacial score (nSPS) is 18.5. The van der Waals surface area contributed by atoms with Gasteiger partial charge in [-0.25, -0.2) is 0 Å². The Hall–Kier alpha value is -1.54. The third-order valence-electron chi connectivity index (χ3n) is 4.27. The highest BCUT2D eigenvalue weighted by Gasteiger charge is 2.39. The van der Waals surface area contributed by atoms with Gasteiger partial charge in [-0.05, 0) is 18.9 Å². The van der Waals surface area contributed by atoms with Crippen molar-refractivity contribution in [3.63, 3.8) is 0 Å². The van der Waals surface area contributed by atoms with Gasteiger partial charge >= 0.3 is 0 Å². The molecular formula is C15H19Cl2N3O4. The fraction of sp³-hybridized carbons (Fsp3) is 0.467. The number of carbonyl (C=O) groups is 2. The number of fused-ring (bicyclic) bond motifs is 1. The molecule has 9 heteroatoms. The molecule has 3 rings (SSSR count). The molecule has 4 N–H and O–H groups in total.